The fraction of sp³-hybridized carbons (Fsp3) is 0.478. The summed E-state index contributed by atoms with van der Waals surface area (Å²) < 4.78 is 11.5. The van der Waals surface area contributed by atoms with Gasteiger partial charge in [-0.1, -0.05) is 30.3 Å². The van der Waals surface area contributed by atoms with Crippen molar-refractivity contribution in [3.8, 4) is 11.5 Å². The van der Waals surface area contributed by atoms with Gasteiger partial charge in [0.25, 0.3) is 0 Å². The van der Waals surface area contributed by atoms with E-state index < -0.39 is 0 Å². The summed E-state index contributed by atoms with van der Waals surface area (Å²) in [6.07, 6.45) is 7.04. The highest BCUT2D eigenvalue weighted by Gasteiger charge is 2.14. The highest BCUT2D eigenvalue weighted by atomic mass is 35.5. The fourth-order valence-electron chi connectivity index (χ4n) is 3.60. The topological polar surface area (TPSA) is 30.5 Å². The molecule has 3 rings (SSSR count). The number of hydrogen-bond donors (Lipinski definition) is 1. The van der Waals surface area contributed by atoms with Gasteiger partial charge in [-0.25, -0.2) is 0 Å². The SMILES string of the molecule is COc1cccc(CCCCc2ccccc2OC[C@@H]2CCCNC2)c1.Cl. The van der Waals surface area contributed by atoms with Crippen LogP contribution in [0, 0.1) is 5.92 Å². The molecule has 2 aromatic carbocycles. The van der Waals surface area contributed by atoms with Crippen molar-refractivity contribution in [2.45, 2.75) is 38.5 Å². The number of hydrogen-bond acceptors (Lipinski definition) is 3. The molecule has 27 heavy (non-hydrogen) atoms. The maximum Gasteiger partial charge on any atom is 0.122 e. The Labute approximate surface area is 169 Å². The van der Waals surface area contributed by atoms with Crippen LogP contribution < -0.4 is 14.8 Å². The highest BCUT2D eigenvalue weighted by Crippen LogP contribution is 2.23. The van der Waals surface area contributed by atoms with Crippen molar-refractivity contribution in [3.05, 3.63) is 59.7 Å². The standard InChI is InChI=1S/C23H31NO2.ClH/c1-25-22-13-6-9-19(16-22)8-2-3-11-21-12-4-5-14-23(21)26-18-20-10-7-15-24-17-20;/h4-6,9,12-14,16,20,24H,2-3,7-8,10-11,15,17-18H2,1H3;1H/t20-;/m1./s1. The Morgan fingerprint density at radius 3 is 2.70 bits per heavy atom. The zero-order chi connectivity index (χ0) is 18.0. The van der Waals surface area contributed by atoms with Gasteiger partial charge in [-0.3, -0.25) is 0 Å². The third-order valence-corrected chi connectivity index (χ3v) is 5.14. The maximum absolute atomic E-state index is 6.17. The third kappa shape index (κ3) is 7.08. The summed E-state index contributed by atoms with van der Waals surface area (Å²) in [5.74, 6) is 2.66. The molecule has 2 aromatic rings. The van der Waals surface area contributed by atoms with Crippen LogP contribution in [0.15, 0.2) is 48.5 Å². The average Bonchev–Trinajstić information content (AvgIpc) is 2.71. The van der Waals surface area contributed by atoms with E-state index in [2.05, 4.69) is 47.8 Å². The predicted molar refractivity (Wildman–Crippen MR) is 114 cm³/mol. The molecule has 1 fully saturated rings. The third-order valence-electron chi connectivity index (χ3n) is 5.14. The molecule has 1 saturated heterocycles. The lowest BCUT2D eigenvalue weighted by Crippen LogP contribution is -2.33. The van der Waals surface area contributed by atoms with Crippen molar-refractivity contribution >= 4 is 12.4 Å². The first kappa shape index (κ1) is 21.6. The first-order valence-corrected chi connectivity index (χ1v) is 9.89. The Bertz CT molecular complexity index is 671. The van der Waals surface area contributed by atoms with Crippen LogP contribution in [-0.4, -0.2) is 26.8 Å². The van der Waals surface area contributed by atoms with E-state index in [-0.39, 0.29) is 12.4 Å². The Kier molecular flexibility index (Phi) is 9.51. The number of nitrogens with one attached hydrogen (secondary N) is 1. The molecule has 1 heterocycles. The maximum atomic E-state index is 6.17. The summed E-state index contributed by atoms with van der Waals surface area (Å²) in [7, 11) is 1.72. The van der Waals surface area contributed by atoms with E-state index in [0.717, 1.165) is 44.0 Å². The monoisotopic (exact) mass is 389 g/mol. The van der Waals surface area contributed by atoms with Crippen LogP contribution in [0.2, 0.25) is 0 Å². The number of piperidine rings is 1. The van der Waals surface area contributed by atoms with Crippen LogP contribution in [0.1, 0.15) is 36.8 Å². The fourth-order valence-corrected chi connectivity index (χ4v) is 3.60. The molecular weight excluding hydrogens is 358 g/mol. The molecule has 0 unspecified atom stereocenters. The van der Waals surface area contributed by atoms with Gasteiger partial charge in [0.15, 0.2) is 0 Å². The van der Waals surface area contributed by atoms with Crippen molar-refractivity contribution in [2.24, 2.45) is 5.92 Å². The van der Waals surface area contributed by atoms with E-state index in [9.17, 15) is 0 Å². The minimum Gasteiger partial charge on any atom is -0.497 e. The number of rotatable bonds is 9. The second kappa shape index (κ2) is 11.9. The van der Waals surface area contributed by atoms with Crippen LogP contribution in [0.5, 0.6) is 11.5 Å². The van der Waals surface area contributed by atoms with Gasteiger partial charge in [0.1, 0.15) is 11.5 Å². The smallest absolute Gasteiger partial charge is 0.122 e. The minimum atomic E-state index is 0. The van der Waals surface area contributed by atoms with Crippen molar-refractivity contribution in [2.75, 3.05) is 26.8 Å². The summed E-state index contributed by atoms with van der Waals surface area (Å²) in [5.41, 5.74) is 2.68. The average molecular weight is 390 g/mol. The van der Waals surface area contributed by atoms with Crippen LogP contribution in [-0.2, 0) is 12.8 Å². The predicted octanol–water partition coefficient (Wildman–Crippen LogP) is 5.06. The largest absolute Gasteiger partial charge is 0.497 e. The zero-order valence-electron chi connectivity index (χ0n) is 16.3. The van der Waals surface area contributed by atoms with Gasteiger partial charge in [0.2, 0.25) is 0 Å². The number of unbranched alkanes of at least 4 members (excludes halogenated alkanes) is 1. The zero-order valence-corrected chi connectivity index (χ0v) is 17.1. The van der Waals surface area contributed by atoms with Gasteiger partial charge in [-0.2, -0.15) is 0 Å². The lowest BCUT2D eigenvalue weighted by molar-refractivity contribution is 0.217. The molecule has 1 atom stereocenters. The molecule has 148 valence electrons. The molecule has 0 amide bonds. The second-order valence-corrected chi connectivity index (χ2v) is 7.19. The highest BCUT2D eigenvalue weighted by molar-refractivity contribution is 5.85. The number of benzene rings is 2. The molecule has 0 bridgehead atoms. The van der Waals surface area contributed by atoms with Gasteiger partial charge < -0.3 is 14.8 Å². The molecular formula is C23H32ClNO2. The molecule has 3 nitrogen and oxygen atoms in total. The Balaban J connectivity index is 0.00000261. The van der Waals surface area contributed by atoms with E-state index in [0.29, 0.717) is 5.92 Å². The Morgan fingerprint density at radius 1 is 1.04 bits per heavy atom. The minimum absolute atomic E-state index is 0. The number of methoxy groups -OCH3 is 1. The van der Waals surface area contributed by atoms with Gasteiger partial charge in [-0.05, 0) is 74.4 Å². The molecule has 0 radical (unpaired) electrons. The number of ether oxygens (including phenoxy) is 2. The van der Waals surface area contributed by atoms with Crippen LogP contribution in [0.3, 0.4) is 0 Å². The normalized spacial score (nSPS) is 16.4. The van der Waals surface area contributed by atoms with Gasteiger partial charge in [-0.15, -0.1) is 12.4 Å². The van der Waals surface area contributed by atoms with E-state index >= 15 is 0 Å². The summed E-state index contributed by atoms with van der Waals surface area (Å²) in [4.78, 5) is 0. The van der Waals surface area contributed by atoms with Crippen molar-refractivity contribution in [1.82, 2.24) is 5.32 Å². The van der Waals surface area contributed by atoms with Crippen molar-refractivity contribution < 1.29 is 9.47 Å². The molecule has 0 aromatic heterocycles. The van der Waals surface area contributed by atoms with Gasteiger partial charge >= 0.3 is 0 Å². The summed E-state index contributed by atoms with van der Waals surface area (Å²) in [6, 6.07) is 16.9. The molecule has 1 aliphatic heterocycles. The van der Waals surface area contributed by atoms with Crippen LogP contribution in [0.25, 0.3) is 0 Å². The second-order valence-electron chi connectivity index (χ2n) is 7.19. The number of halogens is 1. The van der Waals surface area contributed by atoms with Gasteiger partial charge in [0, 0.05) is 12.5 Å². The summed E-state index contributed by atoms with van der Waals surface area (Å²) in [6.45, 7) is 3.07. The van der Waals surface area contributed by atoms with Gasteiger partial charge in [0.05, 0.1) is 13.7 Å². The Morgan fingerprint density at radius 2 is 1.89 bits per heavy atom. The Hall–Kier alpha value is -1.71. The molecule has 0 spiro atoms. The van der Waals surface area contributed by atoms with E-state index in [1.807, 2.05) is 6.07 Å². The summed E-state index contributed by atoms with van der Waals surface area (Å²) in [5, 5.41) is 3.46. The lowest BCUT2D eigenvalue weighted by atomic mass is 10.0. The van der Waals surface area contributed by atoms with Crippen LogP contribution >= 0.6 is 12.4 Å². The molecule has 0 saturated carbocycles. The van der Waals surface area contributed by atoms with Crippen molar-refractivity contribution in [3.63, 3.8) is 0 Å². The number of aryl methyl sites for hydroxylation is 2. The molecule has 1 N–H and O–H groups in total. The lowest BCUT2D eigenvalue weighted by Gasteiger charge is -2.23. The first-order chi connectivity index (χ1) is 12.8. The van der Waals surface area contributed by atoms with E-state index in [4.69, 9.17) is 9.47 Å². The van der Waals surface area contributed by atoms with E-state index in [1.54, 1.807) is 7.11 Å². The van der Waals surface area contributed by atoms with Crippen molar-refractivity contribution in [1.29, 1.82) is 0 Å². The first-order valence-electron chi connectivity index (χ1n) is 9.89. The number of para-hydroxylation sites is 1. The molecule has 4 heteroatoms. The van der Waals surface area contributed by atoms with E-state index in [1.165, 1.54) is 36.8 Å². The quantitative estimate of drug-likeness (QED) is 0.608. The summed E-state index contributed by atoms with van der Waals surface area (Å²) >= 11 is 0. The van der Waals surface area contributed by atoms with Crippen LogP contribution in [0.4, 0.5) is 0 Å². The molecule has 0 aliphatic carbocycles. The molecule has 1 aliphatic rings.